The van der Waals surface area contributed by atoms with Crippen molar-refractivity contribution in [3.05, 3.63) is 41.6 Å². The van der Waals surface area contributed by atoms with E-state index in [0.29, 0.717) is 29.7 Å². The van der Waals surface area contributed by atoms with Gasteiger partial charge in [-0.3, -0.25) is 4.98 Å². The number of ether oxygens (including phenoxy) is 1. The molecule has 24 heavy (non-hydrogen) atoms. The Morgan fingerprint density at radius 2 is 2.12 bits per heavy atom. The standard InChI is InChI=1S/C16H18N6O2/c1-11-14(21-24-20-11)16-18-15(13-4-7-23-8-5-13)19-22(16)10-12-3-2-6-17-9-12/h2-3,6,9,13H,4-5,7-8,10H2,1H3. The lowest BCUT2D eigenvalue weighted by atomic mass is 10.00. The van der Waals surface area contributed by atoms with Gasteiger partial charge in [-0.25, -0.2) is 14.3 Å². The second-order valence-electron chi connectivity index (χ2n) is 5.90. The van der Waals surface area contributed by atoms with E-state index in [1.54, 1.807) is 6.20 Å². The van der Waals surface area contributed by atoms with E-state index in [1.807, 2.05) is 29.9 Å². The maximum atomic E-state index is 5.44. The first-order valence-corrected chi connectivity index (χ1v) is 8.02. The summed E-state index contributed by atoms with van der Waals surface area (Å²) in [7, 11) is 0. The summed E-state index contributed by atoms with van der Waals surface area (Å²) in [6, 6.07) is 3.93. The lowest BCUT2D eigenvalue weighted by Crippen LogP contribution is -2.15. The first-order chi connectivity index (χ1) is 11.8. The van der Waals surface area contributed by atoms with E-state index in [-0.39, 0.29) is 0 Å². The van der Waals surface area contributed by atoms with Gasteiger partial charge in [0.05, 0.1) is 6.54 Å². The summed E-state index contributed by atoms with van der Waals surface area (Å²) in [6.07, 6.45) is 5.46. The Bertz CT molecular complexity index is 807. The van der Waals surface area contributed by atoms with Gasteiger partial charge < -0.3 is 4.74 Å². The van der Waals surface area contributed by atoms with Crippen LogP contribution >= 0.6 is 0 Å². The van der Waals surface area contributed by atoms with Crippen LogP contribution in [-0.2, 0) is 11.3 Å². The molecule has 1 saturated heterocycles. The SMILES string of the molecule is Cc1nonc1-c1nc(C2CCOCC2)nn1Cc1cccnc1. The highest BCUT2D eigenvalue weighted by Gasteiger charge is 2.24. The predicted octanol–water partition coefficient (Wildman–Crippen LogP) is 1.97. The zero-order valence-electron chi connectivity index (χ0n) is 13.4. The van der Waals surface area contributed by atoms with Gasteiger partial charge in [-0.1, -0.05) is 11.2 Å². The minimum atomic E-state index is 0.313. The van der Waals surface area contributed by atoms with Crippen LogP contribution < -0.4 is 0 Å². The normalized spacial score (nSPS) is 15.7. The van der Waals surface area contributed by atoms with Crippen LogP contribution in [0.25, 0.3) is 11.5 Å². The van der Waals surface area contributed by atoms with Crippen LogP contribution in [0.2, 0.25) is 0 Å². The van der Waals surface area contributed by atoms with Crippen molar-refractivity contribution in [1.29, 1.82) is 0 Å². The molecule has 3 aromatic heterocycles. The molecule has 0 radical (unpaired) electrons. The summed E-state index contributed by atoms with van der Waals surface area (Å²) < 4.78 is 12.1. The van der Waals surface area contributed by atoms with Crippen molar-refractivity contribution in [3.63, 3.8) is 0 Å². The highest BCUT2D eigenvalue weighted by atomic mass is 16.6. The van der Waals surface area contributed by atoms with Gasteiger partial charge in [-0.05, 0) is 36.6 Å². The highest BCUT2D eigenvalue weighted by Crippen LogP contribution is 2.27. The Labute approximate surface area is 138 Å². The average Bonchev–Trinajstić information content (AvgIpc) is 3.23. The van der Waals surface area contributed by atoms with Crippen molar-refractivity contribution >= 4 is 0 Å². The molecule has 3 aromatic rings. The Balaban J connectivity index is 1.72. The van der Waals surface area contributed by atoms with Crippen LogP contribution in [0.3, 0.4) is 0 Å². The number of nitrogens with zero attached hydrogens (tertiary/aromatic N) is 6. The van der Waals surface area contributed by atoms with Crippen LogP contribution in [0, 0.1) is 6.92 Å². The van der Waals surface area contributed by atoms with E-state index in [0.717, 1.165) is 37.4 Å². The van der Waals surface area contributed by atoms with Crippen LogP contribution in [0.5, 0.6) is 0 Å². The molecule has 0 spiro atoms. The molecule has 0 saturated carbocycles. The first-order valence-electron chi connectivity index (χ1n) is 8.02. The lowest BCUT2D eigenvalue weighted by molar-refractivity contribution is 0.0835. The largest absolute Gasteiger partial charge is 0.381 e. The number of pyridine rings is 1. The quantitative estimate of drug-likeness (QED) is 0.723. The van der Waals surface area contributed by atoms with Crippen molar-refractivity contribution in [2.24, 2.45) is 0 Å². The van der Waals surface area contributed by atoms with Crippen molar-refractivity contribution < 1.29 is 9.37 Å². The molecule has 1 fully saturated rings. The maximum Gasteiger partial charge on any atom is 0.182 e. The van der Waals surface area contributed by atoms with E-state index in [4.69, 9.17) is 19.4 Å². The third kappa shape index (κ3) is 2.92. The number of hydrogen-bond acceptors (Lipinski definition) is 7. The molecule has 0 unspecified atom stereocenters. The minimum Gasteiger partial charge on any atom is -0.381 e. The number of aryl methyl sites for hydroxylation is 1. The van der Waals surface area contributed by atoms with E-state index in [2.05, 4.69) is 15.3 Å². The molecule has 0 aromatic carbocycles. The Morgan fingerprint density at radius 1 is 1.25 bits per heavy atom. The van der Waals surface area contributed by atoms with E-state index in [9.17, 15) is 0 Å². The van der Waals surface area contributed by atoms with E-state index >= 15 is 0 Å². The molecule has 0 bridgehead atoms. The van der Waals surface area contributed by atoms with Crippen LogP contribution in [-0.4, -0.2) is 43.3 Å². The number of aromatic nitrogens is 6. The Kier molecular flexibility index (Phi) is 4.04. The van der Waals surface area contributed by atoms with Gasteiger partial charge in [0.15, 0.2) is 17.3 Å². The van der Waals surface area contributed by atoms with Gasteiger partial charge in [0.2, 0.25) is 0 Å². The second kappa shape index (κ2) is 6.48. The van der Waals surface area contributed by atoms with Gasteiger partial charge in [0.1, 0.15) is 5.69 Å². The molecule has 4 heterocycles. The van der Waals surface area contributed by atoms with Crippen molar-refractivity contribution in [2.75, 3.05) is 13.2 Å². The minimum absolute atomic E-state index is 0.313. The van der Waals surface area contributed by atoms with Crippen LogP contribution in [0.4, 0.5) is 0 Å². The van der Waals surface area contributed by atoms with Gasteiger partial charge >= 0.3 is 0 Å². The average molecular weight is 326 g/mol. The van der Waals surface area contributed by atoms with Gasteiger partial charge in [-0.2, -0.15) is 5.10 Å². The molecule has 0 N–H and O–H groups in total. The Morgan fingerprint density at radius 3 is 2.83 bits per heavy atom. The fourth-order valence-corrected chi connectivity index (χ4v) is 2.87. The third-order valence-electron chi connectivity index (χ3n) is 4.19. The van der Waals surface area contributed by atoms with E-state index in [1.165, 1.54) is 0 Å². The predicted molar refractivity (Wildman–Crippen MR) is 84.2 cm³/mol. The summed E-state index contributed by atoms with van der Waals surface area (Å²) in [4.78, 5) is 8.91. The molecular weight excluding hydrogens is 308 g/mol. The lowest BCUT2D eigenvalue weighted by Gasteiger charge is -2.18. The fraction of sp³-hybridized carbons (Fsp3) is 0.438. The molecule has 0 amide bonds. The zero-order valence-corrected chi connectivity index (χ0v) is 13.4. The molecular formula is C16H18N6O2. The summed E-state index contributed by atoms with van der Waals surface area (Å²) in [5, 5.41) is 12.6. The topological polar surface area (TPSA) is 91.8 Å². The molecule has 1 aliphatic heterocycles. The van der Waals surface area contributed by atoms with Crippen molar-refractivity contribution in [1.82, 2.24) is 30.1 Å². The molecule has 8 nitrogen and oxygen atoms in total. The van der Waals surface area contributed by atoms with Gasteiger partial charge in [0.25, 0.3) is 0 Å². The summed E-state index contributed by atoms with van der Waals surface area (Å²) >= 11 is 0. The van der Waals surface area contributed by atoms with Gasteiger partial charge in [-0.15, -0.1) is 0 Å². The summed E-state index contributed by atoms with van der Waals surface area (Å²) in [5.74, 6) is 1.83. The number of hydrogen-bond donors (Lipinski definition) is 0. The number of rotatable bonds is 4. The second-order valence-corrected chi connectivity index (χ2v) is 5.90. The fourth-order valence-electron chi connectivity index (χ4n) is 2.87. The first kappa shape index (κ1) is 14.9. The van der Waals surface area contributed by atoms with Crippen LogP contribution in [0.1, 0.15) is 35.8 Å². The maximum absolute atomic E-state index is 5.44. The molecule has 0 atom stereocenters. The van der Waals surface area contributed by atoms with Gasteiger partial charge in [0, 0.05) is 31.5 Å². The zero-order chi connectivity index (χ0) is 16.4. The highest BCUT2D eigenvalue weighted by molar-refractivity contribution is 5.51. The van der Waals surface area contributed by atoms with Crippen molar-refractivity contribution in [2.45, 2.75) is 32.2 Å². The van der Waals surface area contributed by atoms with Crippen molar-refractivity contribution in [3.8, 4) is 11.5 Å². The molecule has 124 valence electrons. The summed E-state index contributed by atoms with van der Waals surface area (Å²) in [5.41, 5.74) is 2.38. The summed E-state index contributed by atoms with van der Waals surface area (Å²) in [6.45, 7) is 3.93. The molecule has 4 rings (SSSR count). The van der Waals surface area contributed by atoms with E-state index < -0.39 is 0 Å². The molecule has 1 aliphatic rings. The third-order valence-corrected chi connectivity index (χ3v) is 4.19. The van der Waals surface area contributed by atoms with Crippen LogP contribution in [0.15, 0.2) is 29.2 Å². The smallest absolute Gasteiger partial charge is 0.182 e. The Hall–Kier alpha value is -2.61. The molecule has 8 heteroatoms. The molecule has 0 aliphatic carbocycles. The monoisotopic (exact) mass is 326 g/mol.